The minimum Gasteiger partial charge on any atom is -0.341 e. The third kappa shape index (κ3) is 1.39. The molecular formula is C14H12N2O2. The summed E-state index contributed by atoms with van der Waals surface area (Å²) < 4.78 is 2.11. The number of aromatic nitrogens is 1. The van der Waals surface area contributed by atoms with Crippen LogP contribution in [0.5, 0.6) is 0 Å². The Morgan fingerprint density at radius 2 is 1.83 bits per heavy atom. The number of nitro benzene ring substituents is 1. The molecular weight excluding hydrogens is 228 g/mol. The first kappa shape index (κ1) is 10.8. The molecule has 1 aromatic heterocycles. The highest BCUT2D eigenvalue weighted by Gasteiger charge is 2.13. The molecule has 0 saturated carbocycles. The van der Waals surface area contributed by atoms with Crippen molar-refractivity contribution in [2.24, 2.45) is 0 Å². The highest BCUT2D eigenvalue weighted by atomic mass is 16.6. The van der Waals surface area contributed by atoms with Crippen LogP contribution in [0.2, 0.25) is 0 Å². The van der Waals surface area contributed by atoms with Crippen LogP contribution in [-0.4, -0.2) is 9.49 Å². The molecule has 0 radical (unpaired) electrons. The summed E-state index contributed by atoms with van der Waals surface area (Å²) in [4.78, 5) is 10.5. The van der Waals surface area contributed by atoms with Gasteiger partial charge in [0, 0.05) is 35.0 Å². The normalized spacial score (nSPS) is 11.2. The lowest BCUT2D eigenvalue weighted by Gasteiger charge is -2.02. The molecule has 0 spiro atoms. The third-order valence-corrected chi connectivity index (χ3v) is 3.28. The van der Waals surface area contributed by atoms with Gasteiger partial charge >= 0.3 is 0 Å². The van der Waals surface area contributed by atoms with Gasteiger partial charge in [-0.15, -0.1) is 0 Å². The number of nitrogens with zero attached hydrogens (tertiary/aromatic N) is 2. The van der Waals surface area contributed by atoms with Gasteiger partial charge in [0.15, 0.2) is 0 Å². The van der Waals surface area contributed by atoms with Gasteiger partial charge < -0.3 is 4.57 Å². The van der Waals surface area contributed by atoms with Crippen LogP contribution >= 0.6 is 0 Å². The van der Waals surface area contributed by atoms with Crippen LogP contribution in [0.1, 0.15) is 6.92 Å². The molecule has 0 aliphatic carbocycles. The van der Waals surface area contributed by atoms with Crippen LogP contribution < -0.4 is 0 Å². The summed E-state index contributed by atoms with van der Waals surface area (Å²) in [5, 5.41) is 13.1. The molecule has 90 valence electrons. The minimum absolute atomic E-state index is 0.139. The molecule has 4 nitrogen and oxygen atoms in total. The van der Waals surface area contributed by atoms with Crippen LogP contribution in [0.4, 0.5) is 5.69 Å². The van der Waals surface area contributed by atoms with Crippen LogP contribution in [0, 0.1) is 10.1 Å². The van der Waals surface area contributed by atoms with Crippen molar-refractivity contribution in [3.8, 4) is 0 Å². The predicted molar refractivity (Wildman–Crippen MR) is 71.8 cm³/mol. The summed E-state index contributed by atoms with van der Waals surface area (Å²) in [5.41, 5.74) is 2.18. The number of rotatable bonds is 2. The smallest absolute Gasteiger partial charge is 0.271 e. The van der Waals surface area contributed by atoms with Gasteiger partial charge in [-0.25, -0.2) is 0 Å². The van der Waals surface area contributed by atoms with Crippen LogP contribution in [0.15, 0.2) is 42.5 Å². The van der Waals surface area contributed by atoms with E-state index in [1.165, 1.54) is 0 Å². The minimum atomic E-state index is -0.350. The largest absolute Gasteiger partial charge is 0.341 e. The summed E-state index contributed by atoms with van der Waals surface area (Å²) >= 11 is 0. The van der Waals surface area contributed by atoms with E-state index in [1.807, 2.05) is 31.2 Å². The fourth-order valence-electron chi connectivity index (χ4n) is 2.49. The Morgan fingerprint density at radius 3 is 2.56 bits per heavy atom. The maximum atomic E-state index is 10.9. The van der Waals surface area contributed by atoms with E-state index in [9.17, 15) is 10.1 Å². The number of nitro groups is 1. The lowest BCUT2D eigenvalue weighted by Crippen LogP contribution is -1.94. The van der Waals surface area contributed by atoms with Gasteiger partial charge in [-0.3, -0.25) is 10.1 Å². The van der Waals surface area contributed by atoms with Crippen molar-refractivity contribution in [2.45, 2.75) is 13.5 Å². The Balaban J connectivity index is 2.48. The molecule has 0 aliphatic rings. The van der Waals surface area contributed by atoms with E-state index < -0.39 is 0 Å². The second kappa shape index (κ2) is 3.84. The molecule has 4 heteroatoms. The molecule has 3 rings (SSSR count). The number of para-hydroxylation sites is 1. The average Bonchev–Trinajstić information content (AvgIpc) is 2.71. The van der Waals surface area contributed by atoms with Gasteiger partial charge in [-0.05, 0) is 19.1 Å². The van der Waals surface area contributed by atoms with Crippen molar-refractivity contribution < 1.29 is 4.92 Å². The second-order valence-electron chi connectivity index (χ2n) is 4.22. The zero-order chi connectivity index (χ0) is 12.7. The number of fused-ring (bicyclic) bond motifs is 3. The maximum Gasteiger partial charge on any atom is 0.271 e. The van der Waals surface area contributed by atoms with Crippen LogP contribution in [0.25, 0.3) is 21.8 Å². The molecule has 0 atom stereocenters. The van der Waals surface area contributed by atoms with Crippen molar-refractivity contribution in [1.29, 1.82) is 0 Å². The number of hydrogen-bond acceptors (Lipinski definition) is 2. The molecule has 0 aliphatic heterocycles. The van der Waals surface area contributed by atoms with E-state index in [0.29, 0.717) is 0 Å². The first-order chi connectivity index (χ1) is 8.72. The number of aryl methyl sites for hydroxylation is 1. The predicted octanol–water partition coefficient (Wildman–Crippen LogP) is 3.72. The first-order valence-corrected chi connectivity index (χ1v) is 5.87. The number of non-ortho nitro benzene ring substituents is 1. The van der Waals surface area contributed by atoms with Crippen molar-refractivity contribution >= 4 is 27.5 Å². The molecule has 0 amide bonds. The number of hydrogen-bond donors (Lipinski definition) is 0. The molecule has 0 bridgehead atoms. The monoisotopic (exact) mass is 240 g/mol. The van der Waals surface area contributed by atoms with E-state index in [4.69, 9.17) is 0 Å². The fraction of sp³-hybridized carbons (Fsp3) is 0.143. The molecule has 0 unspecified atom stereocenters. The summed E-state index contributed by atoms with van der Waals surface area (Å²) in [6.45, 7) is 2.84. The van der Waals surface area contributed by atoms with Gasteiger partial charge in [0.05, 0.1) is 10.4 Å². The molecule has 18 heavy (non-hydrogen) atoms. The van der Waals surface area contributed by atoms with Crippen molar-refractivity contribution in [1.82, 2.24) is 4.57 Å². The summed E-state index contributed by atoms with van der Waals surface area (Å²) in [6.07, 6.45) is 0. The van der Waals surface area contributed by atoms with Crippen LogP contribution in [0.3, 0.4) is 0 Å². The zero-order valence-corrected chi connectivity index (χ0v) is 9.96. The fourth-order valence-corrected chi connectivity index (χ4v) is 2.49. The van der Waals surface area contributed by atoms with Gasteiger partial charge in [0.1, 0.15) is 0 Å². The van der Waals surface area contributed by atoms with Gasteiger partial charge in [-0.1, -0.05) is 18.2 Å². The first-order valence-electron chi connectivity index (χ1n) is 5.87. The Labute approximate surface area is 104 Å². The van der Waals surface area contributed by atoms with Crippen molar-refractivity contribution in [3.05, 3.63) is 52.6 Å². The molecule has 0 N–H and O–H groups in total. The van der Waals surface area contributed by atoms with Gasteiger partial charge in [0.25, 0.3) is 5.69 Å². The maximum absolute atomic E-state index is 10.9. The lowest BCUT2D eigenvalue weighted by atomic mass is 10.1. The van der Waals surface area contributed by atoms with Gasteiger partial charge in [0.2, 0.25) is 0 Å². The molecule has 2 aromatic carbocycles. The topological polar surface area (TPSA) is 48.1 Å². The zero-order valence-electron chi connectivity index (χ0n) is 9.96. The highest BCUT2D eigenvalue weighted by Crippen LogP contribution is 2.31. The summed E-state index contributed by atoms with van der Waals surface area (Å²) in [6, 6.07) is 13.1. The van der Waals surface area contributed by atoms with Gasteiger partial charge in [-0.2, -0.15) is 0 Å². The highest BCUT2D eigenvalue weighted by molar-refractivity contribution is 6.08. The Bertz CT molecular complexity index is 759. The Kier molecular flexibility index (Phi) is 2.30. The van der Waals surface area contributed by atoms with E-state index in [1.54, 1.807) is 12.1 Å². The summed E-state index contributed by atoms with van der Waals surface area (Å²) in [7, 11) is 0. The molecule has 0 saturated heterocycles. The van der Waals surface area contributed by atoms with E-state index in [2.05, 4.69) is 10.6 Å². The molecule has 0 fully saturated rings. The van der Waals surface area contributed by atoms with E-state index >= 15 is 0 Å². The van der Waals surface area contributed by atoms with Crippen LogP contribution in [-0.2, 0) is 6.54 Å². The quantitative estimate of drug-likeness (QED) is 0.506. The van der Waals surface area contributed by atoms with Crippen molar-refractivity contribution in [2.75, 3.05) is 0 Å². The lowest BCUT2D eigenvalue weighted by molar-refractivity contribution is -0.384. The SMILES string of the molecule is CCn1c2ccccc2c2ccc([N+](=O)[O-])cc21. The number of benzene rings is 2. The van der Waals surface area contributed by atoms with Crippen molar-refractivity contribution in [3.63, 3.8) is 0 Å². The average molecular weight is 240 g/mol. The standard InChI is InChI=1S/C14H12N2O2/c1-2-15-13-6-4-3-5-11(13)12-8-7-10(16(17)18)9-14(12)15/h3-9H,2H2,1H3. The Morgan fingerprint density at radius 1 is 1.11 bits per heavy atom. The summed E-state index contributed by atoms with van der Waals surface area (Å²) in [5.74, 6) is 0. The Hall–Kier alpha value is -2.36. The molecule has 1 heterocycles. The third-order valence-electron chi connectivity index (χ3n) is 3.28. The molecule has 3 aromatic rings. The van der Waals surface area contributed by atoms with E-state index in [-0.39, 0.29) is 10.6 Å². The second-order valence-corrected chi connectivity index (χ2v) is 4.22. The van der Waals surface area contributed by atoms with E-state index in [0.717, 1.165) is 28.4 Å².